The molecule has 3 unspecified atom stereocenters. The first-order valence-corrected chi connectivity index (χ1v) is 6.86. The van der Waals surface area contributed by atoms with Crippen LogP contribution in [0.3, 0.4) is 0 Å². The first kappa shape index (κ1) is 13.6. The standard InChI is InChI=1S/C14H24N2O2/c1-10(11-3-4-11)16(7-8-18-2)14(17)12-5-6-13(15)9-12/h5-6,10-13H,3-4,7-9,15H2,1-2H3. The fourth-order valence-corrected chi connectivity index (χ4v) is 2.66. The lowest BCUT2D eigenvalue weighted by Crippen LogP contribution is -2.44. The second-order valence-electron chi connectivity index (χ2n) is 5.49. The largest absolute Gasteiger partial charge is 0.383 e. The smallest absolute Gasteiger partial charge is 0.229 e. The van der Waals surface area contributed by atoms with Gasteiger partial charge in [-0.3, -0.25) is 4.79 Å². The van der Waals surface area contributed by atoms with Gasteiger partial charge in [-0.1, -0.05) is 12.2 Å². The molecule has 2 rings (SSSR count). The van der Waals surface area contributed by atoms with E-state index >= 15 is 0 Å². The van der Waals surface area contributed by atoms with Crippen LogP contribution in [0.25, 0.3) is 0 Å². The Morgan fingerprint density at radius 1 is 1.50 bits per heavy atom. The van der Waals surface area contributed by atoms with Gasteiger partial charge in [0.1, 0.15) is 0 Å². The zero-order valence-corrected chi connectivity index (χ0v) is 11.3. The van der Waals surface area contributed by atoms with Gasteiger partial charge in [0, 0.05) is 25.7 Å². The molecule has 102 valence electrons. The highest BCUT2D eigenvalue weighted by Crippen LogP contribution is 2.36. The first-order chi connectivity index (χ1) is 8.63. The predicted molar refractivity (Wildman–Crippen MR) is 71.0 cm³/mol. The summed E-state index contributed by atoms with van der Waals surface area (Å²) in [5.41, 5.74) is 5.83. The zero-order valence-electron chi connectivity index (χ0n) is 11.3. The van der Waals surface area contributed by atoms with Crippen LogP contribution in [-0.4, -0.2) is 43.2 Å². The van der Waals surface area contributed by atoms with Gasteiger partial charge in [0.15, 0.2) is 0 Å². The van der Waals surface area contributed by atoms with Gasteiger partial charge in [-0.05, 0) is 32.1 Å². The van der Waals surface area contributed by atoms with Gasteiger partial charge >= 0.3 is 0 Å². The topological polar surface area (TPSA) is 55.6 Å². The maximum Gasteiger partial charge on any atom is 0.229 e. The van der Waals surface area contributed by atoms with E-state index in [1.807, 2.05) is 17.1 Å². The van der Waals surface area contributed by atoms with Crippen molar-refractivity contribution in [2.24, 2.45) is 17.6 Å². The van der Waals surface area contributed by atoms with Crippen molar-refractivity contribution in [1.29, 1.82) is 0 Å². The second-order valence-corrected chi connectivity index (χ2v) is 5.49. The van der Waals surface area contributed by atoms with E-state index in [9.17, 15) is 4.79 Å². The molecule has 4 heteroatoms. The van der Waals surface area contributed by atoms with E-state index in [2.05, 4.69) is 6.92 Å². The SMILES string of the molecule is COCCN(C(=O)C1C=CC(N)C1)C(C)C1CC1. The van der Waals surface area contributed by atoms with E-state index in [0.29, 0.717) is 25.1 Å². The van der Waals surface area contributed by atoms with Crippen LogP contribution in [-0.2, 0) is 9.53 Å². The van der Waals surface area contributed by atoms with E-state index in [-0.39, 0.29) is 17.9 Å². The molecule has 0 aliphatic heterocycles. The average molecular weight is 252 g/mol. The molecule has 4 nitrogen and oxygen atoms in total. The molecule has 2 aliphatic rings. The van der Waals surface area contributed by atoms with Crippen LogP contribution in [0, 0.1) is 11.8 Å². The summed E-state index contributed by atoms with van der Waals surface area (Å²) in [6.45, 7) is 3.45. The molecule has 0 heterocycles. The summed E-state index contributed by atoms with van der Waals surface area (Å²) < 4.78 is 5.12. The van der Waals surface area contributed by atoms with Crippen molar-refractivity contribution in [2.75, 3.05) is 20.3 Å². The van der Waals surface area contributed by atoms with Crippen molar-refractivity contribution < 1.29 is 9.53 Å². The summed E-state index contributed by atoms with van der Waals surface area (Å²) in [4.78, 5) is 14.5. The summed E-state index contributed by atoms with van der Waals surface area (Å²) in [5, 5.41) is 0. The molecular formula is C14H24N2O2. The number of rotatable bonds is 6. The molecule has 0 aromatic carbocycles. The van der Waals surface area contributed by atoms with E-state index in [4.69, 9.17) is 10.5 Å². The van der Waals surface area contributed by atoms with Gasteiger partial charge in [0.25, 0.3) is 0 Å². The number of carbonyl (C=O) groups excluding carboxylic acids is 1. The number of carbonyl (C=O) groups is 1. The second kappa shape index (κ2) is 5.85. The lowest BCUT2D eigenvalue weighted by atomic mass is 10.0. The van der Waals surface area contributed by atoms with Crippen LogP contribution in [0.15, 0.2) is 12.2 Å². The third-order valence-electron chi connectivity index (χ3n) is 4.05. The Balaban J connectivity index is 1.98. The van der Waals surface area contributed by atoms with Crippen molar-refractivity contribution in [2.45, 2.75) is 38.3 Å². The van der Waals surface area contributed by atoms with E-state index in [1.165, 1.54) is 12.8 Å². The molecule has 0 saturated heterocycles. The Morgan fingerprint density at radius 2 is 2.22 bits per heavy atom. The molecule has 0 spiro atoms. The maximum atomic E-state index is 12.5. The van der Waals surface area contributed by atoms with E-state index < -0.39 is 0 Å². The molecule has 0 aromatic heterocycles. The Kier molecular flexibility index (Phi) is 4.40. The van der Waals surface area contributed by atoms with Crippen molar-refractivity contribution >= 4 is 5.91 Å². The predicted octanol–water partition coefficient (Wildman–Crippen LogP) is 1.16. The number of nitrogens with two attached hydrogens (primary N) is 1. The lowest BCUT2D eigenvalue weighted by molar-refractivity contribution is -0.137. The van der Waals surface area contributed by atoms with Crippen LogP contribution >= 0.6 is 0 Å². The number of ether oxygens (including phenoxy) is 1. The molecule has 3 atom stereocenters. The average Bonchev–Trinajstić information content (AvgIpc) is 3.11. The first-order valence-electron chi connectivity index (χ1n) is 6.86. The summed E-state index contributed by atoms with van der Waals surface area (Å²) in [6, 6.07) is 0.373. The maximum absolute atomic E-state index is 12.5. The fourth-order valence-electron chi connectivity index (χ4n) is 2.66. The van der Waals surface area contributed by atoms with Crippen LogP contribution in [0.5, 0.6) is 0 Å². The minimum atomic E-state index is -0.0296. The normalized spacial score (nSPS) is 28.4. The number of amides is 1. The summed E-state index contributed by atoms with van der Waals surface area (Å²) in [7, 11) is 1.68. The third-order valence-corrected chi connectivity index (χ3v) is 4.05. The van der Waals surface area contributed by atoms with Gasteiger partial charge in [-0.15, -0.1) is 0 Å². The molecule has 0 bridgehead atoms. The monoisotopic (exact) mass is 252 g/mol. The molecular weight excluding hydrogens is 228 g/mol. The highest BCUT2D eigenvalue weighted by molar-refractivity contribution is 5.81. The van der Waals surface area contributed by atoms with Gasteiger partial charge in [0.2, 0.25) is 5.91 Å². The van der Waals surface area contributed by atoms with Crippen molar-refractivity contribution in [1.82, 2.24) is 4.90 Å². The Bertz CT molecular complexity index is 326. The molecule has 1 amide bonds. The number of nitrogens with zero attached hydrogens (tertiary/aromatic N) is 1. The molecule has 0 aromatic rings. The molecule has 2 aliphatic carbocycles. The number of hydrogen-bond acceptors (Lipinski definition) is 3. The lowest BCUT2D eigenvalue weighted by Gasteiger charge is -2.31. The number of hydrogen-bond donors (Lipinski definition) is 1. The van der Waals surface area contributed by atoms with Crippen molar-refractivity contribution in [3.8, 4) is 0 Å². The van der Waals surface area contributed by atoms with Gasteiger partial charge in [0.05, 0.1) is 12.5 Å². The van der Waals surface area contributed by atoms with Crippen LogP contribution in [0.1, 0.15) is 26.2 Å². The summed E-state index contributed by atoms with van der Waals surface area (Å²) in [6.07, 6.45) is 7.15. The molecule has 1 fully saturated rings. The van der Waals surface area contributed by atoms with Crippen LogP contribution in [0.4, 0.5) is 0 Å². The van der Waals surface area contributed by atoms with Gasteiger partial charge in [-0.2, -0.15) is 0 Å². The minimum absolute atomic E-state index is 0.0296. The van der Waals surface area contributed by atoms with Crippen LogP contribution < -0.4 is 5.73 Å². The fraction of sp³-hybridized carbons (Fsp3) is 0.786. The molecule has 0 radical (unpaired) electrons. The highest BCUT2D eigenvalue weighted by atomic mass is 16.5. The summed E-state index contributed by atoms with van der Waals surface area (Å²) in [5.74, 6) is 0.874. The van der Waals surface area contributed by atoms with E-state index in [0.717, 1.165) is 6.42 Å². The Hall–Kier alpha value is -0.870. The third kappa shape index (κ3) is 3.12. The molecule has 2 N–H and O–H groups in total. The number of methoxy groups -OCH3 is 1. The highest BCUT2D eigenvalue weighted by Gasteiger charge is 2.36. The summed E-state index contributed by atoms with van der Waals surface area (Å²) >= 11 is 0. The van der Waals surface area contributed by atoms with Crippen LogP contribution in [0.2, 0.25) is 0 Å². The van der Waals surface area contributed by atoms with Crippen molar-refractivity contribution in [3.05, 3.63) is 12.2 Å². The molecule has 18 heavy (non-hydrogen) atoms. The van der Waals surface area contributed by atoms with Crippen molar-refractivity contribution in [3.63, 3.8) is 0 Å². The van der Waals surface area contributed by atoms with Gasteiger partial charge < -0.3 is 15.4 Å². The van der Waals surface area contributed by atoms with Gasteiger partial charge in [-0.25, -0.2) is 0 Å². The van der Waals surface area contributed by atoms with E-state index in [1.54, 1.807) is 7.11 Å². The Morgan fingerprint density at radius 3 is 2.72 bits per heavy atom. The zero-order chi connectivity index (χ0) is 13.1. The molecule has 1 saturated carbocycles. The quantitative estimate of drug-likeness (QED) is 0.722. The Labute approximate surface area is 109 Å². The minimum Gasteiger partial charge on any atom is -0.383 e.